The third kappa shape index (κ3) is 16.5. The molecule has 2 fully saturated rings. The van der Waals surface area contributed by atoms with E-state index < -0.39 is 124 Å². The molecule has 0 spiro atoms. The lowest BCUT2D eigenvalue weighted by molar-refractivity contribution is -0.156. The van der Waals surface area contributed by atoms with Crippen LogP contribution in [0.25, 0.3) is 0 Å². The lowest BCUT2D eigenvalue weighted by Crippen LogP contribution is -2.55. The number of hydrogen-bond acceptors (Lipinski definition) is 18. The van der Waals surface area contributed by atoms with Crippen LogP contribution in [0.5, 0.6) is 0 Å². The highest BCUT2D eigenvalue weighted by Gasteiger charge is 2.49. The first-order chi connectivity index (χ1) is 34.6. The molecular weight excluding hydrogens is 934 g/mol. The molecule has 6 rings (SSSR count). The molecule has 4 unspecified atom stereocenters. The van der Waals surface area contributed by atoms with Gasteiger partial charge in [0.05, 0.1) is 37.1 Å². The summed E-state index contributed by atoms with van der Waals surface area (Å²) in [5.41, 5.74) is 1.55. The lowest BCUT2D eigenvalue weighted by Gasteiger charge is -2.25. The van der Waals surface area contributed by atoms with Gasteiger partial charge in [-0.1, -0.05) is 88.4 Å². The molecule has 2 aromatic carbocycles. The van der Waals surface area contributed by atoms with Crippen LogP contribution >= 0.6 is 0 Å². The van der Waals surface area contributed by atoms with Gasteiger partial charge in [-0.2, -0.15) is 0 Å². The van der Waals surface area contributed by atoms with Crippen molar-refractivity contribution in [1.29, 1.82) is 0 Å². The van der Waals surface area contributed by atoms with Crippen LogP contribution in [0.2, 0.25) is 0 Å². The van der Waals surface area contributed by atoms with Gasteiger partial charge in [-0.25, -0.2) is 9.97 Å². The Hall–Kier alpha value is -7.59. The first kappa shape index (κ1) is 53.8. The number of rotatable bonds is 25. The van der Waals surface area contributed by atoms with E-state index in [1.54, 1.807) is 24.3 Å². The zero-order valence-corrected chi connectivity index (χ0v) is 40.2. The molecule has 24 heteroatoms. The average molecular weight is 991 g/mol. The molecule has 4 heterocycles. The van der Waals surface area contributed by atoms with Crippen molar-refractivity contribution >= 4 is 61.7 Å². The first-order valence-corrected chi connectivity index (χ1v) is 23.5. The normalized spacial score (nSPS) is 17.0. The minimum atomic E-state index is -1.38. The Bertz CT molecular complexity index is 2310. The summed E-state index contributed by atoms with van der Waals surface area (Å²) in [7, 11) is -2.56. The summed E-state index contributed by atoms with van der Waals surface area (Å²) in [5.74, 6) is -7.68. The summed E-state index contributed by atoms with van der Waals surface area (Å²) in [6, 6.07) is 15.9. The van der Waals surface area contributed by atoms with Crippen molar-refractivity contribution in [2.24, 2.45) is 11.8 Å². The van der Waals surface area contributed by atoms with Crippen molar-refractivity contribution in [3.63, 3.8) is 0 Å². The largest absolute Gasteiger partial charge is 0.552 e. The predicted octanol–water partition coefficient (Wildman–Crippen LogP) is 1.52. The van der Waals surface area contributed by atoms with Gasteiger partial charge < -0.3 is 49.4 Å². The number of nitrogens with one attached hydrogen (secondary N) is 4. The molecule has 6 atom stereocenters. The van der Waals surface area contributed by atoms with Crippen LogP contribution in [0.1, 0.15) is 85.5 Å². The molecule has 2 saturated heterocycles. The summed E-state index contributed by atoms with van der Waals surface area (Å²) >= 11 is 0. The number of ether oxygens (including phenoxy) is 2. The summed E-state index contributed by atoms with van der Waals surface area (Å²) in [6.45, 7) is 6.74. The van der Waals surface area contributed by atoms with Gasteiger partial charge in [0.1, 0.15) is 36.7 Å². The van der Waals surface area contributed by atoms with E-state index in [0.29, 0.717) is 12.8 Å². The van der Waals surface area contributed by atoms with Gasteiger partial charge in [-0.15, -0.1) is 0 Å². The molecule has 72 heavy (non-hydrogen) atoms. The third-order valence-electron chi connectivity index (χ3n) is 11.1. The van der Waals surface area contributed by atoms with Crippen molar-refractivity contribution in [3.05, 3.63) is 120 Å². The predicted molar refractivity (Wildman–Crippen MR) is 254 cm³/mol. The van der Waals surface area contributed by atoms with Crippen molar-refractivity contribution in [3.8, 4) is 0 Å². The van der Waals surface area contributed by atoms with E-state index in [0.717, 1.165) is 11.1 Å². The Morgan fingerprint density at radius 2 is 0.958 bits per heavy atom. The van der Waals surface area contributed by atoms with Gasteiger partial charge in [-0.05, 0) is 35.8 Å². The van der Waals surface area contributed by atoms with Gasteiger partial charge in [0, 0.05) is 37.6 Å². The number of amides is 4. The van der Waals surface area contributed by atoms with Crippen LogP contribution in [-0.2, 0) is 69.7 Å². The van der Waals surface area contributed by atoms with E-state index >= 15 is 0 Å². The Morgan fingerprint density at radius 1 is 0.569 bits per heavy atom. The maximum atomic E-state index is 13.8. The fraction of sp³-hybridized carbons (Fsp3) is 0.417. The van der Waals surface area contributed by atoms with Crippen LogP contribution in [0.4, 0.5) is 0 Å². The lowest BCUT2D eigenvalue weighted by atomic mass is 9.74. The maximum absolute atomic E-state index is 13.8. The molecule has 0 radical (unpaired) electrons. The highest BCUT2D eigenvalue weighted by atomic mass is 16.7. The summed E-state index contributed by atoms with van der Waals surface area (Å²) in [4.78, 5) is 121. The van der Waals surface area contributed by atoms with Gasteiger partial charge in [-0.3, -0.25) is 48.3 Å². The van der Waals surface area contributed by atoms with Crippen molar-refractivity contribution in [1.82, 2.24) is 41.2 Å². The van der Waals surface area contributed by atoms with E-state index in [-0.39, 0.29) is 36.1 Å². The van der Waals surface area contributed by atoms with Crippen LogP contribution in [0.15, 0.2) is 97.8 Å². The number of nitrogens with zero attached hydrogens (tertiary/aromatic N) is 4. The summed E-state index contributed by atoms with van der Waals surface area (Å²) in [5, 5.41) is 11.1. The standard InChI is InChI=1S/C48H56B2N8O14/c1-29(2)21-39(57-43(61)33(23-31-11-7-5-8-12-31)55-45(63)35-27-51-15-17-53-35)49-69-37(47(65)71-49)25-41(59)67-19-20-68-42(60)26-38-48(66)72-50(70-38)40(22-30(3)4)58-44(62)34(24-32-13-9-6-10-14-32)56-46(64)36-28-52-16-18-54-36/h5-18,27-30,33-34,37-40H,19-26H2,1-4H3,(H,55,63)(H,56,64)(H,57,61)(H,58,62)/t33?,34?,37-,38-,39?,40?/m0/s1. The summed E-state index contributed by atoms with van der Waals surface area (Å²) < 4.78 is 33.0. The van der Waals surface area contributed by atoms with Crippen molar-refractivity contribution in [2.45, 2.75) is 102 Å². The van der Waals surface area contributed by atoms with E-state index in [9.17, 15) is 38.4 Å². The zero-order chi connectivity index (χ0) is 51.6. The minimum absolute atomic E-state index is 0.00817. The molecule has 2 aromatic heterocycles. The molecule has 4 aromatic rings. The van der Waals surface area contributed by atoms with Gasteiger partial charge in [0.15, 0.2) is 12.2 Å². The molecule has 0 aliphatic carbocycles. The fourth-order valence-corrected chi connectivity index (χ4v) is 7.69. The van der Waals surface area contributed by atoms with Crippen molar-refractivity contribution < 1.29 is 66.4 Å². The highest BCUT2D eigenvalue weighted by Crippen LogP contribution is 2.22. The number of hydrogen-bond donors (Lipinski definition) is 4. The zero-order valence-electron chi connectivity index (χ0n) is 40.2. The molecule has 2 aliphatic rings. The second-order valence-electron chi connectivity index (χ2n) is 17.8. The van der Waals surface area contributed by atoms with Gasteiger partial charge in [0.25, 0.3) is 11.8 Å². The van der Waals surface area contributed by atoms with E-state index in [1.165, 1.54) is 37.2 Å². The molecular formula is C48H56B2N8O14. The number of esters is 2. The quantitative estimate of drug-likeness (QED) is 0.0416. The molecule has 378 valence electrons. The van der Waals surface area contributed by atoms with Crippen molar-refractivity contribution in [2.75, 3.05) is 13.2 Å². The number of aromatic nitrogens is 4. The second-order valence-corrected chi connectivity index (χ2v) is 17.8. The fourth-order valence-electron chi connectivity index (χ4n) is 7.69. The Balaban J connectivity index is 0.963. The monoisotopic (exact) mass is 990 g/mol. The average Bonchev–Trinajstić information content (AvgIpc) is 3.92. The van der Waals surface area contributed by atoms with Crippen LogP contribution in [-0.4, -0.2) is 131 Å². The number of carbonyl (C=O) groups is 8. The van der Waals surface area contributed by atoms with Gasteiger partial charge in [0.2, 0.25) is 11.8 Å². The van der Waals surface area contributed by atoms with E-state index in [2.05, 4.69) is 41.2 Å². The second kappa shape index (κ2) is 26.6. The molecule has 2 aliphatic heterocycles. The smallest absolute Gasteiger partial charge is 0.506 e. The van der Waals surface area contributed by atoms with E-state index in [1.807, 2.05) is 64.1 Å². The Kier molecular flexibility index (Phi) is 19.8. The molecule has 22 nitrogen and oxygen atoms in total. The summed E-state index contributed by atoms with van der Waals surface area (Å²) in [6.07, 6.45) is 5.02. The molecule has 0 bridgehead atoms. The third-order valence-corrected chi connectivity index (χ3v) is 11.1. The van der Waals surface area contributed by atoms with Crippen LogP contribution < -0.4 is 21.3 Å². The SMILES string of the molecule is CC(C)CC(NC(=O)C(Cc1ccccc1)NC(=O)c1cnccn1)B1OC(=O)[C@H](CC(=O)OCCOC(=O)C[C@@H]2OB(C(CC(C)C)NC(=O)C(Cc3ccccc3)NC(=O)c3cnccn3)OC2=O)O1. The van der Waals surface area contributed by atoms with Gasteiger partial charge >= 0.3 is 38.1 Å². The minimum Gasteiger partial charge on any atom is -0.506 e. The first-order valence-electron chi connectivity index (χ1n) is 23.5. The van der Waals surface area contributed by atoms with Crippen LogP contribution in [0.3, 0.4) is 0 Å². The Morgan fingerprint density at radius 3 is 1.31 bits per heavy atom. The highest BCUT2D eigenvalue weighted by molar-refractivity contribution is 6.52. The molecule has 0 saturated carbocycles. The number of carbonyl (C=O) groups excluding carboxylic acids is 8. The topological polar surface area (TPSA) is 292 Å². The van der Waals surface area contributed by atoms with Crippen LogP contribution in [0, 0.1) is 11.8 Å². The Labute approximate surface area is 416 Å². The number of benzene rings is 2. The maximum Gasteiger partial charge on any atom is 0.552 e. The molecule has 4 N–H and O–H groups in total. The van der Waals surface area contributed by atoms with E-state index in [4.69, 9.17) is 28.1 Å². The molecule has 4 amide bonds.